The van der Waals surface area contributed by atoms with Crippen LogP contribution in [0.5, 0.6) is 0 Å². The minimum Gasteiger partial charge on any atom is -0.354 e. The molecule has 0 aliphatic heterocycles. The molecular weight excluding hydrogens is 389 g/mol. The van der Waals surface area contributed by atoms with Crippen LogP contribution in [0.2, 0.25) is 0 Å². The van der Waals surface area contributed by atoms with Crippen molar-refractivity contribution < 1.29 is 27.6 Å². The van der Waals surface area contributed by atoms with E-state index in [0.29, 0.717) is 0 Å². The molecule has 0 bridgehead atoms. The second-order valence-corrected chi connectivity index (χ2v) is 6.61. The zero-order valence-corrected chi connectivity index (χ0v) is 15.7. The van der Waals surface area contributed by atoms with E-state index in [-0.39, 0.29) is 40.1 Å². The summed E-state index contributed by atoms with van der Waals surface area (Å²) >= 11 is 0. The molecule has 1 aromatic carbocycles. The molecule has 1 fully saturated rings. The van der Waals surface area contributed by atoms with Crippen LogP contribution in [0.4, 0.5) is 30.4 Å². The van der Waals surface area contributed by atoms with Gasteiger partial charge in [0.1, 0.15) is 5.82 Å². The first kappa shape index (κ1) is 20.6. The number of nitrogens with one attached hydrogen (secondary N) is 3. The molecule has 29 heavy (non-hydrogen) atoms. The van der Waals surface area contributed by atoms with Gasteiger partial charge in [-0.15, -0.1) is 0 Å². The second-order valence-electron chi connectivity index (χ2n) is 6.61. The Balaban J connectivity index is 1.96. The van der Waals surface area contributed by atoms with E-state index in [9.17, 15) is 22.8 Å². The van der Waals surface area contributed by atoms with Gasteiger partial charge in [0.15, 0.2) is 0 Å². The molecule has 2 aromatic rings. The average molecular weight is 408 g/mol. The van der Waals surface area contributed by atoms with Crippen LogP contribution < -0.4 is 16.1 Å². The number of nitrogens with zero attached hydrogens (tertiary/aromatic N) is 1. The van der Waals surface area contributed by atoms with E-state index in [0.717, 1.165) is 18.9 Å². The highest BCUT2D eigenvalue weighted by molar-refractivity contribution is 6.01. The third kappa shape index (κ3) is 4.83. The molecule has 0 unspecified atom stereocenters. The lowest BCUT2D eigenvalue weighted by Crippen LogP contribution is -2.23. The van der Waals surface area contributed by atoms with Gasteiger partial charge in [0.25, 0.3) is 5.91 Å². The third-order valence-electron chi connectivity index (χ3n) is 4.45. The van der Waals surface area contributed by atoms with Crippen LogP contribution >= 0.6 is 0 Å². The van der Waals surface area contributed by atoms with Gasteiger partial charge in [-0.05, 0) is 37.5 Å². The lowest BCUT2D eigenvalue weighted by atomic mass is 10.1. The zero-order chi connectivity index (χ0) is 21.2. The van der Waals surface area contributed by atoms with Gasteiger partial charge in [-0.25, -0.2) is 10.5 Å². The zero-order valence-electron chi connectivity index (χ0n) is 15.7. The fraction of sp³-hybridized carbons (Fsp3) is 0.316. The molecule has 1 saturated carbocycles. The maximum Gasteiger partial charge on any atom is 0.416 e. The monoisotopic (exact) mass is 408 g/mol. The van der Waals surface area contributed by atoms with Gasteiger partial charge in [-0.1, -0.05) is 6.07 Å². The van der Waals surface area contributed by atoms with Gasteiger partial charge in [0.05, 0.1) is 23.9 Å². The molecule has 0 radical (unpaired) electrons. The van der Waals surface area contributed by atoms with E-state index in [2.05, 4.69) is 25.9 Å². The van der Waals surface area contributed by atoms with Gasteiger partial charge >= 0.3 is 6.18 Å². The molecule has 1 aliphatic carbocycles. The molecule has 3 rings (SSSR count). The summed E-state index contributed by atoms with van der Waals surface area (Å²) in [7, 11) is 1.25. The summed E-state index contributed by atoms with van der Waals surface area (Å²) in [4.78, 5) is 32.9. The highest BCUT2D eigenvalue weighted by atomic mass is 19.4. The first-order chi connectivity index (χ1) is 13.7. The molecule has 0 atom stereocenters. The number of carbonyl (C=O) groups excluding carboxylic acids is 2. The van der Waals surface area contributed by atoms with Crippen molar-refractivity contribution in [3.8, 4) is 0 Å². The molecule has 1 aromatic heterocycles. The van der Waals surface area contributed by atoms with Crippen LogP contribution in [0.25, 0.3) is 0 Å². The normalized spacial score (nSPS) is 13.7. The highest BCUT2D eigenvalue weighted by Crippen LogP contribution is 2.36. The lowest BCUT2D eigenvalue weighted by Gasteiger charge is -2.17. The summed E-state index contributed by atoms with van der Waals surface area (Å²) < 4.78 is 39.6. The third-order valence-corrected chi connectivity index (χ3v) is 4.45. The summed E-state index contributed by atoms with van der Waals surface area (Å²) in [6.45, 7) is 1.33. The van der Waals surface area contributed by atoms with E-state index in [1.165, 1.54) is 38.4 Å². The SMILES string of the molecule is CONC(=O)c1cnc(NC(=O)C2CC2)cc1Nc1cccc(C(F)(F)F)c1C. The molecular formula is C19H19F3N4O3. The Bertz CT molecular complexity index is 943. The van der Waals surface area contributed by atoms with Crippen LogP contribution in [0, 0.1) is 12.8 Å². The topological polar surface area (TPSA) is 92.3 Å². The van der Waals surface area contributed by atoms with E-state index in [1.807, 2.05) is 0 Å². The first-order valence-corrected chi connectivity index (χ1v) is 8.78. The summed E-state index contributed by atoms with van der Waals surface area (Å²) in [5.74, 6) is -0.710. The number of benzene rings is 1. The predicted octanol–water partition coefficient (Wildman–Crippen LogP) is 3.79. The number of hydrogen-bond donors (Lipinski definition) is 3. The molecule has 1 heterocycles. The molecule has 7 nitrogen and oxygen atoms in total. The van der Waals surface area contributed by atoms with Crippen molar-refractivity contribution in [2.24, 2.45) is 5.92 Å². The van der Waals surface area contributed by atoms with Gasteiger partial charge in [-0.2, -0.15) is 13.2 Å². The number of amides is 2. The van der Waals surface area contributed by atoms with Gasteiger partial charge in [0.2, 0.25) is 5.91 Å². The van der Waals surface area contributed by atoms with Gasteiger partial charge < -0.3 is 10.6 Å². The largest absolute Gasteiger partial charge is 0.416 e. The summed E-state index contributed by atoms with van der Waals surface area (Å²) in [6, 6.07) is 5.10. The average Bonchev–Trinajstić information content (AvgIpc) is 3.48. The van der Waals surface area contributed by atoms with Crippen LogP contribution in [0.3, 0.4) is 0 Å². The highest BCUT2D eigenvalue weighted by Gasteiger charge is 2.33. The number of alkyl halides is 3. The number of rotatable bonds is 6. The standard InChI is InChI=1S/C19H19F3N4O3/c1-10-13(19(20,21)22)4-3-5-14(10)24-15-8-16(25-17(27)11-6-7-11)23-9-12(15)18(28)26-29-2/h3-5,8-9,11H,6-7H2,1-2H3,(H,26,28)(H2,23,24,25,27). The Morgan fingerprint density at radius 2 is 1.93 bits per heavy atom. The number of carbonyl (C=O) groups is 2. The molecule has 0 saturated heterocycles. The second kappa shape index (κ2) is 8.08. The van der Waals surface area contributed by atoms with Crippen LogP contribution in [-0.2, 0) is 15.8 Å². The quantitative estimate of drug-likeness (QED) is 0.633. The van der Waals surface area contributed by atoms with Gasteiger partial charge in [0, 0.05) is 23.9 Å². The minimum absolute atomic E-state index is 0.0292. The minimum atomic E-state index is -4.51. The summed E-state index contributed by atoms with van der Waals surface area (Å²) in [5.41, 5.74) is 1.69. The number of anilines is 3. The van der Waals surface area contributed by atoms with Crippen molar-refractivity contribution in [2.45, 2.75) is 25.9 Å². The van der Waals surface area contributed by atoms with Crippen LogP contribution in [0.1, 0.15) is 34.3 Å². The van der Waals surface area contributed by atoms with Gasteiger partial charge in [-0.3, -0.25) is 14.4 Å². The number of pyridine rings is 1. The molecule has 154 valence electrons. The predicted molar refractivity (Wildman–Crippen MR) is 99.5 cm³/mol. The summed E-state index contributed by atoms with van der Waals surface area (Å²) in [5, 5.41) is 5.49. The molecule has 3 N–H and O–H groups in total. The van der Waals surface area contributed by atoms with Crippen LogP contribution in [-0.4, -0.2) is 23.9 Å². The van der Waals surface area contributed by atoms with Crippen molar-refractivity contribution in [1.82, 2.24) is 10.5 Å². The van der Waals surface area contributed by atoms with Crippen molar-refractivity contribution in [3.05, 3.63) is 47.2 Å². The van der Waals surface area contributed by atoms with Crippen molar-refractivity contribution in [3.63, 3.8) is 0 Å². The smallest absolute Gasteiger partial charge is 0.354 e. The van der Waals surface area contributed by atoms with E-state index in [4.69, 9.17) is 0 Å². The Morgan fingerprint density at radius 1 is 1.21 bits per heavy atom. The van der Waals surface area contributed by atoms with E-state index >= 15 is 0 Å². The number of aromatic nitrogens is 1. The molecule has 10 heteroatoms. The van der Waals surface area contributed by atoms with Crippen molar-refractivity contribution in [1.29, 1.82) is 0 Å². The van der Waals surface area contributed by atoms with Crippen LogP contribution in [0.15, 0.2) is 30.5 Å². The summed E-state index contributed by atoms with van der Waals surface area (Å²) in [6.07, 6.45) is -1.70. The van der Waals surface area contributed by atoms with Crippen molar-refractivity contribution >= 4 is 29.0 Å². The number of hydroxylamine groups is 1. The Labute approximate surface area is 164 Å². The molecule has 1 aliphatic rings. The Hall–Kier alpha value is -3.14. The first-order valence-electron chi connectivity index (χ1n) is 8.78. The fourth-order valence-electron chi connectivity index (χ4n) is 2.75. The lowest BCUT2D eigenvalue weighted by molar-refractivity contribution is -0.138. The maximum atomic E-state index is 13.2. The number of hydrogen-bond acceptors (Lipinski definition) is 5. The molecule has 2 amide bonds. The fourth-order valence-corrected chi connectivity index (χ4v) is 2.75. The molecule has 0 spiro atoms. The maximum absolute atomic E-state index is 13.2. The van der Waals surface area contributed by atoms with E-state index in [1.54, 1.807) is 0 Å². The Morgan fingerprint density at radius 3 is 2.55 bits per heavy atom. The van der Waals surface area contributed by atoms with Crippen molar-refractivity contribution in [2.75, 3.05) is 17.7 Å². The van der Waals surface area contributed by atoms with E-state index < -0.39 is 17.6 Å². The Kier molecular flexibility index (Phi) is 5.73. The number of halogens is 3.